The Kier molecular flexibility index (Phi) is 5.27. The predicted octanol–water partition coefficient (Wildman–Crippen LogP) is 3.47. The van der Waals surface area contributed by atoms with E-state index in [1.54, 1.807) is 19.2 Å². The fourth-order valence-electron chi connectivity index (χ4n) is 2.49. The molecule has 3 N–H and O–H groups in total. The first-order valence-electron chi connectivity index (χ1n) is 8.05. The minimum absolute atomic E-state index is 0.403. The zero-order valence-electron chi connectivity index (χ0n) is 14.3. The third kappa shape index (κ3) is 3.88. The minimum atomic E-state index is -0.780. The van der Waals surface area contributed by atoms with Crippen molar-refractivity contribution in [2.24, 2.45) is 0 Å². The van der Waals surface area contributed by atoms with Crippen molar-refractivity contribution in [1.82, 2.24) is 15.8 Å². The second-order valence-electron chi connectivity index (χ2n) is 5.89. The molecule has 0 bridgehead atoms. The van der Waals surface area contributed by atoms with Crippen LogP contribution in [0.15, 0.2) is 53.1 Å². The second-order valence-corrected chi connectivity index (χ2v) is 6.74. The maximum absolute atomic E-state index is 12.3. The van der Waals surface area contributed by atoms with Crippen LogP contribution in [-0.4, -0.2) is 22.9 Å². The topological polar surface area (TPSA) is 83.2 Å². The minimum Gasteiger partial charge on any atom is -0.480 e. The molecule has 0 radical (unpaired) electrons. The number of aryl methyl sites for hydroxylation is 1. The predicted molar refractivity (Wildman–Crippen MR) is 103 cm³/mol. The molecule has 6 nitrogen and oxygen atoms in total. The van der Waals surface area contributed by atoms with Crippen LogP contribution < -0.4 is 15.6 Å². The van der Waals surface area contributed by atoms with Gasteiger partial charge in [0, 0.05) is 17.1 Å². The summed E-state index contributed by atoms with van der Waals surface area (Å²) >= 11 is 3.41. The maximum Gasteiger partial charge on any atom is 0.279 e. The Morgan fingerprint density at radius 1 is 1.15 bits per heavy atom. The molecule has 1 heterocycles. The first-order valence-corrected chi connectivity index (χ1v) is 8.84. The number of aromatic nitrogens is 1. The van der Waals surface area contributed by atoms with Gasteiger partial charge in [0.15, 0.2) is 6.10 Å². The zero-order chi connectivity index (χ0) is 18.7. The molecular weight excluding hydrogens is 398 g/mol. The Hall–Kier alpha value is -2.80. The van der Waals surface area contributed by atoms with Gasteiger partial charge in [-0.3, -0.25) is 20.4 Å². The number of hydrazine groups is 1. The van der Waals surface area contributed by atoms with E-state index in [1.165, 1.54) is 0 Å². The van der Waals surface area contributed by atoms with Gasteiger partial charge in [0.2, 0.25) is 0 Å². The molecular formula is C19H18BrN3O3. The number of hydrogen-bond donors (Lipinski definition) is 3. The molecule has 0 aliphatic carbocycles. The van der Waals surface area contributed by atoms with Gasteiger partial charge in [0.05, 0.1) is 10.0 Å². The quantitative estimate of drug-likeness (QED) is 0.570. The van der Waals surface area contributed by atoms with E-state index in [1.807, 2.05) is 43.3 Å². The van der Waals surface area contributed by atoms with E-state index in [0.29, 0.717) is 11.3 Å². The van der Waals surface area contributed by atoms with E-state index in [-0.39, 0.29) is 0 Å². The maximum atomic E-state index is 12.3. The van der Waals surface area contributed by atoms with E-state index in [4.69, 9.17) is 4.74 Å². The molecule has 3 rings (SSSR count). The lowest BCUT2D eigenvalue weighted by molar-refractivity contribution is -0.128. The van der Waals surface area contributed by atoms with Crippen molar-refractivity contribution in [2.75, 3.05) is 0 Å². The summed E-state index contributed by atoms with van der Waals surface area (Å²) in [5.41, 5.74) is 7.19. The van der Waals surface area contributed by atoms with Gasteiger partial charge in [-0.15, -0.1) is 0 Å². The molecule has 0 unspecified atom stereocenters. The Morgan fingerprint density at radius 2 is 1.92 bits per heavy atom. The number of benzene rings is 2. The molecule has 0 fully saturated rings. The van der Waals surface area contributed by atoms with Crippen LogP contribution >= 0.6 is 15.9 Å². The van der Waals surface area contributed by atoms with Crippen molar-refractivity contribution in [1.29, 1.82) is 0 Å². The summed E-state index contributed by atoms with van der Waals surface area (Å²) in [7, 11) is 0. The van der Waals surface area contributed by atoms with Gasteiger partial charge in [0.1, 0.15) is 5.75 Å². The van der Waals surface area contributed by atoms with Crippen molar-refractivity contribution >= 4 is 38.6 Å². The Bertz CT molecular complexity index is 968. The Morgan fingerprint density at radius 3 is 2.69 bits per heavy atom. The number of carbonyl (C=O) groups excluding carboxylic acids is 2. The van der Waals surface area contributed by atoms with Crippen LogP contribution in [0.2, 0.25) is 0 Å². The monoisotopic (exact) mass is 415 g/mol. The SMILES string of the molecule is Cc1ccc(O[C@H](C)C(=O)NNC(=O)c2c[nH]c3ccccc23)c(Br)c1. The number of amides is 2. The summed E-state index contributed by atoms with van der Waals surface area (Å²) in [4.78, 5) is 27.5. The van der Waals surface area contributed by atoms with Crippen LogP contribution in [0.5, 0.6) is 5.75 Å². The normalized spacial score (nSPS) is 11.8. The van der Waals surface area contributed by atoms with E-state index in [9.17, 15) is 9.59 Å². The molecule has 1 aromatic heterocycles. The van der Waals surface area contributed by atoms with E-state index in [2.05, 4.69) is 31.8 Å². The van der Waals surface area contributed by atoms with E-state index < -0.39 is 17.9 Å². The number of halogens is 1. The van der Waals surface area contributed by atoms with Gasteiger partial charge in [-0.2, -0.15) is 0 Å². The third-order valence-corrected chi connectivity index (χ3v) is 4.51. The lowest BCUT2D eigenvalue weighted by Gasteiger charge is -2.16. The number of ether oxygens (including phenoxy) is 1. The number of rotatable bonds is 4. The number of H-pyrrole nitrogens is 1. The van der Waals surface area contributed by atoms with Crippen molar-refractivity contribution < 1.29 is 14.3 Å². The lowest BCUT2D eigenvalue weighted by atomic mass is 10.2. The van der Waals surface area contributed by atoms with Crippen LogP contribution in [-0.2, 0) is 4.79 Å². The van der Waals surface area contributed by atoms with Crippen LogP contribution in [0, 0.1) is 6.92 Å². The molecule has 0 saturated carbocycles. The smallest absolute Gasteiger partial charge is 0.279 e. The second kappa shape index (κ2) is 7.61. The van der Waals surface area contributed by atoms with E-state index in [0.717, 1.165) is 20.9 Å². The highest BCUT2D eigenvalue weighted by molar-refractivity contribution is 9.10. The third-order valence-electron chi connectivity index (χ3n) is 3.89. The Labute approximate surface area is 159 Å². The van der Waals surface area contributed by atoms with Crippen molar-refractivity contribution in [2.45, 2.75) is 20.0 Å². The molecule has 0 aliphatic rings. The average Bonchev–Trinajstić information content (AvgIpc) is 3.06. The molecule has 2 aromatic carbocycles. The highest BCUT2D eigenvalue weighted by atomic mass is 79.9. The number of fused-ring (bicyclic) bond motifs is 1. The van der Waals surface area contributed by atoms with Crippen molar-refractivity contribution in [3.63, 3.8) is 0 Å². The summed E-state index contributed by atoms with van der Waals surface area (Å²) < 4.78 is 6.40. The van der Waals surface area contributed by atoms with Gasteiger partial charge in [-0.25, -0.2) is 0 Å². The van der Waals surface area contributed by atoms with Gasteiger partial charge in [0.25, 0.3) is 11.8 Å². The Balaban J connectivity index is 1.60. The van der Waals surface area contributed by atoms with Crippen LogP contribution in [0.4, 0.5) is 0 Å². The molecule has 26 heavy (non-hydrogen) atoms. The molecule has 0 aliphatic heterocycles. The van der Waals surface area contributed by atoms with Gasteiger partial charge < -0.3 is 9.72 Å². The average molecular weight is 416 g/mol. The van der Waals surface area contributed by atoms with Gasteiger partial charge in [-0.05, 0) is 53.5 Å². The van der Waals surface area contributed by atoms with Crippen molar-refractivity contribution in [3.05, 3.63) is 64.3 Å². The molecule has 3 aromatic rings. The highest BCUT2D eigenvalue weighted by Gasteiger charge is 2.18. The summed E-state index contributed by atoms with van der Waals surface area (Å²) in [6.45, 7) is 3.57. The molecule has 2 amide bonds. The summed E-state index contributed by atoms with van der Waals surface area (Å²) in [5, 5.41) is 0.784. The fourth-order valence-corrected chi connectivity index (χ4v) is 3.08. The molecule has 134 valence electrons. The first kappa shape index (κ1) is 18.0. The molecule has 1 atom stereocenters. The molecule has 0 spiro atoms. The van der Waals surface area contributed by atoms with Gasteiger partial charge in [-0.1, -0.05) is 24.3 Å². The number of nitrogens with one attached hydrogen (secondary N) is 3. The zero-order valence-corrected chi connectivity index (χ0v) is 15.9. The summed E-state index contributed by atoms with van der Waals surface area (Å²) in [6, 6.07) is 13.0. The highest BCUT2D eigenvalue weighted by Crippen LogP contribution is 2.26. The van der Waals surface area contributed by atoms with Crippen molar-refractivity contribution in [3.8, 4) is 5.75 Å². The van der Waals surface area contributed by atoms with Crippen LogP contribution in [0.1, 0.15) is 22.8 Å². The fraction of sp³-hybridized carbons (Fsp3) is 0.158. The van der Waals surface area contributed by atoms with E-state index >= 15 is 0 Å². The van der Waals surface area contributed by atoms with Crippen LogP contribution in [0.3, 0.4) is 0 Å². The molecule has 7 heteroatoms. The number of aromatic amines is 1. The molecule has 0 saturated heterocycles. The van der Waals surface area contributed by atoms with Crippen LogP contribution in [0.25, 0.3) is 10.9 Å². The summed E-state index contributed by atoms with van der Waals surface area (Å²) in [6.07, 6.45) is 0.826. The number of hydrogen-bond acceptors (Lipinski definition) is 3. The lowest BCUT2D eigenvalue weighted by Crippen LogP contribution is -2.47. The largest absolute Gasteiger partial charge is 0.480 e. The number of carbonyl (C=O) groups is 2. The number of para-hydroxylation sites is 1. The van der Waals surface area contributed by atoms with Gasteiger partial charge >= 0.3 is 0 Å². The first-order chi connectivity index (χ1) is 12.5. The summed E-state index contributed by atoms with van der Waals surface area (Å²) in [5.74, 6) is -0.300. The standard InChI is InChI=1S/C19H18BrN3O3/c1-11-7-8-17(15(20)9-11)26-12(2)18(24)22-23-19(25)14-10-21-16-6-4-3-5-13(14)16/h3-10,12,21H,1-2H3,(H,22,24)(H,23,25)/t12-/m1/s1.